The largest absolute Gasteiger partial charge is 0.493 e. The summed E-state index contributed by atoms with van der Waals surface area (Å²) < 4.78 is 22.0. The van der Waals surface area contributed by atoms with Gasteiger partial charge in [0.25, 0.3) is 0 Å². The van der Waals surface area contributed by atoms with Crippen molar-refractivity contribution < 1.29 is 28.8 Å². The quantitative estimate of drug-likeness (QED) is 0.426. The highest BCUT2D eigenvalue weighted by atomic mass is 16.5. The van der Waals surface area contributed by atoms with Crippen molar-refractivity contribution in [1.29, 1.82) is 0 Å². The van der Waals surface area contributed by atoms with Gasteiger partial charge in [-0.15, -0.1) is 0 Å². The van der Waals surface area contributed by atoms with E-state index in [1.807, 2.05) is 25.1 Å². The Kier molecular flexibility index (Phi) is 7.92. The number of anilines is 1. The number of nitrogens with zero attached hydrogens (tertiary/aromatic N) is 1. The standard InChI is InChI=1S/C24H29N3O6/c1-5-33-19-7-6-16-15(8-14-9-20(30-2)23(32-4)21(10-14)31-3)11-26-12-17(16)22(19)27-24(29)18(25)13-28/h6-7,9-12,18,28H,5,8,13,25H2,1-4H3,(H,27,29)/t18-/m0/s1. The number of fused-ring (bicyclic) bond motifs is 1. The predicted octanol–water partition coefficient (Wildman–Crippen LogP) is 2.51. The Bertz CT molecular complexity index is 1110. The average molecular weight is 456 g/mol. The first kappa shape index (κ1) is 24.1. The van der Waals surface area contributed by atoms with Crippen molar-refractivity contribution in [3.05, 3.63) is 47.8 Å². The number of aliphatic hydroxyl groups excluding tert-OH is 1. The summed E-state index contributed by atoms with van der Waals surface area (Å²) in [6.45, 7) is 1.80. The number of methoxy groups -OCH3 is 3. The lowest BCUT2D eigenvalue weighted by molar-refractivity contribution is -0.118. The zero-order valence-electron chi connectivity index (χ0n) is 19.2. The van der Waals surface area contributed by atoms with E-state index in [4.69, 9.17) is 24.7 Å². The number of nitrogens with two attached hydrogens (primary N) is 1. The van der Waals surface area contributed by atoms with Gasteiger partial charge in [-0.2, -0.15) is 0 Å². The lowest BCUT2D eigenvalue weighted by atomic mass is 9.99. The first-order valence-corrected chi connectivity index (χ1v) is 10.5. The van der Waals surface area contributed by atoms with Crippen LogP contribution < -0.4 is 30.0 Å². The van der Waals surface area contributed by atoms with Crippen molar-refractivity contribution in [3.8, 4) is 23.0 Å². The average Bonchev–Trinajstić information content (AvgIpc) is 2.84. The van der Waals surface area contributed by atoms with Crippen LogP contribution in [0.5, 0.6) is 23.0 Å². The van der Waals surface area contributed by atoms with Crippen LogP contribution in [0.15, 0.2) is 36.7 Å². The molecular formula is C24H29N3O6. The van der Waals surface area contributed by atoms with E-state index >= 15 is 0 Å². The highest BCUT2D eigenvalue weighted by molar-refractivity contribution is 6.06. The summed E-state index contributed by atoms with van der Waals surface area (Å²) in [5, 5.41) is 13.6. The molecule has 0 unspecified atom stereocenters. The van der Waals surface area contributed by atoms with Crippen molar-refractivity contribution in [2.45, 2.75) is 19.4 Å². The summed E-state index contributed by atoms with van der Waals surface area (Å²) in [5.41, 5.74) is 8.01. The molecule has 0 saturated heterocycles. The molecule has 1 aromatic heterocycles. The molecule has 3 rings (SSSR count). The third-order valence-corrected chi connectivity index (χ3v) is 5.19. The molecule has 0 aliphatic heterocycles. The van der Waals surface area contributed by atoms with Crippen molar-refractivity contribution in [2.24, 2.45) is 5.73 Å². The Balaban J connectivity index is 2.09. The Hall–Kier alpha value is -3.56. The van der Waals surface area contributed by atoms with E-state index in [1.54, 1.807) is 39.8 Å². The number of hydrogen-bond acceptors (Lipinski definition) is 8. The maximum Gasteiger partial charge on any atom is 0.243 e. The molecule has 1 amide bonds. The molecule has 2 aromatic carbocycles. The monoisotopic (exact) mass is 455 g/mol. The Morgan fingerprint density at radius 1 is 1.06 bits per heavy atom. The molecule has 0 fully saturated rings. The van der Waals surface area contributed by atoms with Crippen LogP contribution >= 0.6 is 0 Å². The number of amides is 1. The number of carbonyl (C=O) groups is 1. The number of carbonyl (C=O) groups excluding carboxylic acids is 1. The summed E-state index contributed by atoms with van der Waals surface area (Å²) in [6.07, 6.45) is 3.96. The molecule has 0 spiro atoms. The molecule has 176 valence electrons. The minimum absolute atomic E-state index is 0.416. The van der Waals surface area contributed by atoms with Gasteiger partial charge in [-0.3, -0.25) is 9.78 Å². The highest BCUT2D eigenvalue weighted by Gasteiger charge is 2.19. The van der Waals surface area contributed by atoms with Crippen LogP contribution in [-0.2, 0) is 11.2 Å². The van der Waals surface area contributed by atoms with Gasteiger partial charge in [0.2, 0.25) is 11.7 Å². The third-order valence-electron chi connectivity index (χ3n) is 5.19. The van der Waals surface area contributed by atoms with Gasteiger partial charge < -0.3 is 35.1 Å². The second kappa shape index (κ2) is 10.8. The molecule has 4 N–H and O–H groups in total. The summed E-state index contributed by atoms with van der Waals surface area (Å²) >= 11 is 0. The molecule has 1 atom stereocenters. The zero-order chi connectivity index (χ0) is 24.0. The molecule has 9 nitrogen and oxygen atoms in total. The van der Waals surface area contributed by atoms with Gasteiger partial charge in [-0.1, -0.05) is 6.07 Å². The summed E-state index contributed by atoms with van der Waals surface area (Å²) in [5.74, 6) is 1.62. The molecule has 0 saturated carbocycles. The van der Waals surface area contributed by atoms with Gasteiger partial charge in [0.15, 0.2) is 11.5 Å². The van der Waals surface area contributed by atoms with Crippen molar-refractivity contribution in [1.82, 2.24) is 4.98 Å². The zero-order valence-corrected chi connectivity index (χ0v) is 19.2. The SMILES string of the molecule is CCOc1ccc2c(Cc3cc(OC)c(OC)c(OC)c3)cncc2c1NC(=O)[C@@H](N)CO. The van der Waals surface area contributed by atoms with E-state index in [1.165, 1.54) is 0 Å². The molecule has 3 aromatic rings. The van der Waals surface area contributed by atoms with Crippen LogP contribution in [0.4, 0.5) is 5.69 Å². The van der Waals surface area contributed by atoms with Crippen LogP contribution in [0.2, 0.25) is 0 Å². The Morgan fingerprint density at radius 3 is 2.33 bits per heavy atom. The van der Waals surface area contributed by atoms with Gasteiger partial charge in [-0.05, 0) is 48.1 Å². The fraction of sp³-hybridized carbons (Fsp3) is 0.333. The van der Waals surface area contributed by atoms with Crippen molar-refractivity contribution >= 4 is 22.4 Å². The van der Waals surface area contributed by atoms with Crippen LogP contribution in [-0.4, -0.2) is 56.6 Å². The van der Waals surface area contributed by atoms with Gasteiger partial charge >= 0.3 is 0 Å². The van der Waals surface area contributed by atoms with E-state index in [2.05, 4.69) is 10.3 Å². The van der Waals surface area contributed by atoms with Crippen LogP contribution in [0.3, 0.4) is 0 Å². The minimum Gasteiger partial charge on any atom is -0.493 e. The number of hydrogen-bond donors (Lipinski definition) is 3. The number of rotatable bonds is 10. The number of aromatic nitrogens is 1. The molecule has 0 aliphatic carbocycles. The molecule has 0 radical (unpaired) electrons. The van der Waals surface area contributed by atoms with Crippen LogP contribution in [0.1, 0.15) is 18.1 Å². The predicted molar refractivity (Wildman–Crippen MR) is 126 cm³/mol. The van der Waals surface area contributed by atoms with Gasteiger partial charge in [0.05, 0.1) is 40.2 Å². The van der Waals surface area contributed by atoms with E-state index in [0.717, 1.165) is 16.5 Å². The minimum atomic E-state index is -1.05. The van der Waals surface area contributed by atoms with E-state index in [0.29, 0.717) is 47.1 Å². The molecule has 9 heteroatoms. The maximum atomic E-state index is 12.4. The fourth-order valence-corrected chi connectivity index (χ4v) is 3.59. The molecular weight excluding hydrogens is 426 g/mol. The highest BCUT2D eigenvalue weighted by Crippen LogP contribution is 2.40. The Morgan fingerprint density at radius 2 is 1.76 bits per heavy atom. The number of ether oxygens (including phenoxy) is 4. The van der Waals surface area contributed by atoms with E-state index in [9.17, 15) is 9.90 Å². The number of nitrogens with one attached hydrogen (secondary N) is 1. The van der Waals surface area contributed by atoms with Crippen LogP contribution in [0, 0.1) is 0 Å². The second-order valence-corrected chi connectivity index (χ2v) is 7.25. The van der Waals surface area contributed by atoms with Crippen LogP contribution in [0.25, 0.3) is 10.8 Å². The Labute approximate surface area is 192 Å². The van der Waals surface area contributed by atoms with Crippen molar-refractivity contribution in [3.63, 3.8) is 0 Å². The first-order chi connectivity index (χ1) is 16.0. The maximum absolute atomic E-state index is 12.4. The summed E-state index contributed by atoms with van der Waals surface area (Å²) in [7, 11) is 4.70. The van der Waals surface area contributed by atoms with Crippen molar-refractivity contribution in [2.75, 3.05) is 39.9 Å². The fourth-order valence-electron chi connectivity index (χ4n) is 3.59. The third kappa shape index (κ3) is 5.10. The van der Waals surface area contributed by atoms with Gasteiger partial charge in [0, 0.05) is 17.8 Å². The molecule has 33 heavy (non-hydrogen) atoms. The molecule has 1 heterocycles. The van der Waals surface area contributed by atoms with E-state index < -0.39 is 18.6 Å². The first-order valence-electron chi connectivity index (χ1n) is 10.5. The number of pyridine rings is 1. The number of aliphatic hydroxyl groups is 1. The van der Waals surface area contributed by atoms with Gasteiger partial charge in [0.1, 0.15) is 11.8 Å². The summed E-state index contributed by atoms with van der Waals surface area (Å²) in [6, 6.07) is 6.45. The molecule has 0 bridgehead atoms. The number of benzene rings is 2. The lowest BCUT2D eigenvalue weighted by Crippen LogP contribution is -2.38. The second-order valence-electron chi connectivity index (χ2n) is 7.25. The topological polar surface area (TPSA) is 125 Å². The summed E-state index contributed by atoms with van der Waals surface area (Å²) in [4.78, 5) is 16.8. The van der Waals surface area contributed by atoms with E-state index in [-0.39, 0.29) is 0 Å². The molecule has 0 aliphatic rings. The lowest BCUT2D eigenvalue weighted by Gasteiger charge is -2.18. The van der Waals surface area contributed by atoms with Gasteiger partial charge in [-0.25, -0.2) is 0 Å². The normalized spacial score (nSPS) is 11.7. The smallest absolute Gasteiger partial charge is 0.243 e.